The fraction of sp³-hybridized carbons (Fsp3) is 0.600. The third-order valence-electron chi connectivity index (χ3n) is 4.84. The molecular weight excluding hydrogens is 194 g/mol. The Balaban J connectivity index is 2.08. The minimum Gasteiger partial charge on any atom is -0.317 e. The molecular formula is C15H21N. The molecule has 0 radical (unpaired) electrons. The van der Waals surface area contributed by atoms with Gasteiger partial charge in [0.15, 0.2) is 0 Å². The Morgan fingerprint density at radius 3 is 2.75 bits per heavy atom. The summed E-state index contributed by atoms with van der Waals surface area (Å²) in [5.74, 6) is 0.851. The SMILES string of the molecule is C[C@@H]1CCc2ccccc2C12CCNCC2. The van der Waals surface area contributed by atoms with Crippen LogP contribution in [0.2, 0.25) is 0 Å². The molecule has 0 saturated carbocycles. The summed E-state index contributed by atoms with van der Waals surface area (Å²) in [6.45, 7) is 4.85. The van der Waals surface area contributed by atoms with E-state index >= 15 is 0 Å². The highest BCUT2D eigenvalue weighted by Gasteiger charge is 2.42. The highest BCUT2D eigenvalue weighted by molar-refractivity contribution is 5.38. The van der Waals surface area contributed by atoms with Crippen LogP contribution in [0.1, 0.15) is 37.3 Å². The number of nitrogens with one attached hydrogen (secondary N) is 1. The van der Waals surface area contributed by atoms with Gasteiger partial charge in [-0.15, -0.1) is 0 Å². The van der Waals surface area contributed by atoms with Gasteiger partial charge < -0.3 is 5.32 Å². The maximum Gasteiger partial charge on any atom is 0.000554 e. The lowest BCUT2D eigenvalue weighted by molar-refractivity contribution is 0.190. The number of hydrogen-bond acceptors (Lipinski definition) is 1. The lowest BCUT2D eigenvalue weighted by Crippen LogP contribution is -2.46. The molecule has 1 spiro atoms. The second-order valence-corrected chi connectivity index (χ2v) is 5.50. The van der Waals surface area contributed by atoms with Gasteiger partial charge in [-0.2, -0.15) is 0 Å². The molecule has 1 aliphatic carbocycles. The van der Waals surface area contributed by atoms with Gasteiger partial charge in [-0.25, -0.2) is 0 Å². The molecule has 1 N–H and O–H groups in total. The summed E-state index contributed by atoms with van der Waals surface area (Å²) in [4.78, 5) is 0. The van der Waals surface area contributed by atoms with E-state index in [4.69, 9.17) is 0 Å². The van der Waals surface area contributed by atoms with Crippen LogP contribution in [0.5, 0.6) is 0 Å². The van der Waals surface area contributed by atoms with Gasteiger partial charge >= 0.3 is 0 Å². The van der Waals surface area contributed by atoms with E-state index in [1.165, 1.54) is 38.8 Å². The van der Waals surface area contributed by atoms with Crippen LogP contribution in [0.25, 0.3) is 0 Å². The van der Waals surface area contributed by atoms with E-state index in [0.29, 0.717) is 5.41 Å². The normalized spacial score (nSPS) is 27.7. The predicted molar refractivity (Wildman–Crippen MR) is 67.7 cm³/mol. The van der Waals surface area contributed by atoms with Crippen molar-refractivity contribution in [1.82, 2.24) is 5.32 Å². The Labute approximate surface area is 98.3 Å². The maximum absolute atomic E-state index is 3.51. The Kier molecular flexibility index (Phi) is 2.51. The highest BCUT2D eigenvalue weighted by atomic mass is 14.9. The molecule has 1 heterocycles. The van der Waals surface area contributed by atoms with E-state index in [0.717, 1.165) is 5.92 Å². The maximum atomic E-state index is 3.51. The zero-order chi connectivity index (χ0) is 11.0. The van der Waals surface area contributed by atoms with Crippen molar-refractivity contribution >= 4 is 0 Å². The van der Waals surface area contributed by atoms with Crippen LogP contribution in [0, 0.1) is 5.92 Å². The quantitative estimate of drug-likeness (QED) is 0.701. The first-order chi connectivity index (χ1) is 7.83. The van der Waals surface area contributed by atoms with Gasteiger partial charge in [-0.05, 0) is 55.8 Å². The minimum atomic E-state index is 0.486. The van der Waals surface area contributed by atoms with Gasteiger partial charge in [-0.3, -0.25) is 0 Å². The van der Waals surface area contributed by atoms with Crippen molar-refractivity contribution in [2.24, 2.45) is 5.92 Å². The molecule has 0 unspecified atom stereocenters. The summed E-state index contributed by atoms with van der Waals surface area (Å²) in [5.41, 5.74) is 3.76. The molecule has 0 bridgehead atoms. The smallest absolute Gasteiger partial charge is 0.000554 e. The third kappa shape index (κ3) is 1.41. The van der Waals surface area contributed by atoms with Gasteiger partial charge in [0.05, 0.1) is 0 Å². The van der Waals surface area contributed by atoms with Gasteiger partial charge in [0.25, 0.3) is 0 Å². The van der Waals surface area contributed by atoms with Crippen molar-refractivity contribution in [2.75, 3.05) is 13.1 Å². The largest absolute Gasteiger partial charge is 0.317 e. The summed E-state index contributed by atoms with van der Waals surface area (Å²) in [5, 5.41) is 3.51. The van der Waals surface area contributed by atoms with E-state index in [9.17, 15) is 0 Å². The Hall–Kier alpha value is -0.820. The summed E-state index contributed by atoms with van der Waals surface area (Å²) >= 11 is 0. The zero-order valence-electron chi connectivity index (χ0n) is 10.1. The van der Waals surface area contributed by atoms with Gasteiger partial charge in [0, 0.05) is 5.41 Å². The van der Waals surface area contributed by atoms with E-state index in [1.54, 1.807) is 11.1 Å². The zero-order valence-corrected chi connectivity index (χ0v) is 10.1. The summed E-state index contributed by atoms with van der Waals surface area (Å²) in [6, 6.07) is 9.14. The molecule has 16 heavy (non-hydrogen) atoms. The first-order valence-electron chi connectivity index (χ1n) is 6.62. The molecule has 0 amide bonds. The fourth-order valence-electron chi connectivity index (χ4n) is 3.77. The Bertz CT molecular complexity index is 377. The van der Waals surface area contributed by atoms with E-state index in [2.05, 4.69) is 36.5 Å². The predicted octanol–water partition coefficient (Wildman–Crippen LogP) is 2.89. The first kappa shape index (κ1) is 10.3. The van der Waals surface area contributed by atoms with Crippen molar-refractivity contribution in [3.8, 4) is 0 Å². The van der Waals surface area contributed by atoms with Crippen molar-refractivity contribution in [3.63, 3.8) is 0 Å². The molecule has 1 nitrogen and oxygen atoms in total. The molecule has 1 aliphatic heterocycles. The van der Waals surface area contributed by atoms with E-state index < -0.39 is 0 Å². The van der Waals surface area contributed by atoms with E-state index in [1.807, 2.05) is 0 Å². The molecule has 1 saturated heterocycles. The molecule has 1 aromatic carbocycles. The van der Waals surface area contributed by atoms with Crippen LogP contribution in [-0.4, -0.2) is 13.1 Å². The molecule has 86 valence electrons. The lowest BCUT2D eigenvalue weighted by atomic mass is 9.59. The topological polar surface area (TPSA) is 12.0 Å². The average Bonchev–Trinajstić information content (AvgIpc) is 2.36. The number of aryl methyl sites for hydroxylation is 1. The second kappa shape index (κ2) is 3.89. The molecule has 3 rings (SSSR count). The number of piperidine rings is 1. The second-order valence-electron chi connectivity index (χ2n) is 5.50. The van der Waals surface area contributed by atoms with Crippen LogP contribution in [-0.2, 0) is 11.8 Å². The molecule has 1 heteroatoms. The van der Waals surface area contributed by atoms with Gasteiger partial charge in [-0.1, -0.05) is 31.2 Å². The molecule has 2 aliphatic rings. The van der Waals surface area contributed by atoms with Crippen LogP contribution >= 0.6 is 0 Å². The Morgan fingerprint density at radius 2 is 1.94 bits per heavy atom. The van der Waals surface area contributed by atoms with Crippen molar-refractivity contribution < 1.29 is 0 Å². The first-order valence-corrected chi connectivity index (χ1v) is 6.62. The van der Waals surface area contributed by atoms with Gasteiger partial charge in [0.2, 0.25) is 0 Å². The van der Waals surface area contributed by atoms with Crippen LogP contribution in [0.4, 0.5) is 0 Å². The molecule has 1 fully saturated rings. The highest BCUT2D eigenvalue weighted by Crippen LogP contribution is 2.47. The Morgan fingerprint density at radius 1 is 1.19 bits per heavy atom. The molecule has 1 aromatic rings. The average molecular weight is 215 g/mol. The van der Waals surface area contributed by atoms with Crippen molar-refractivity contribution in [2.45, 2.75) is 38.0 Å². The van der Waals surface area contributed by atoms with Crippen LogP contribution in [0.3, 0.4) is 0 Å². The van der Waals surface area contributed by atoms with Crippen molar-refractivity contribution in [1.29, 1.82) is 0 Å². The fourth-order valence-corrected chi connectivity index (χ4v) is 3.77. The third-order valence-corrected chi connectivity index (χ3v) is 4.84. The standard InChI is InChI=1S/C15H21N/c1-12-6-7-13-4-2-3-5-14(13)15(12)8-10-16-11-9-15/h2-5,12,16H,6-11H2,1H3/t12-/m1/s1. The molecule has 1 atom stereocenters. The number of fused-ring (bicyclic) bond motifs is 2. The summed E-state index contributed by atoms with van der Waals surface area (Å²) < 4.78 is 0. The van der Waals surface area contributed by atoms with E-state index in [-0.39, 0.29) is 0 Å². The summed E-state index contributed by atoms with van der Waals surface area (Å²) in [7, 11) is 0. The summed E-state index contributed by atoms with van der Waals surface area (Å²) in [6.07, 6.45) is 5.31. The van der Waals surface area contributed by atoms with Crippen LogP contribution < -0.4 is 5.32 Å². The minimum absolute atomic E-state index is 0.486. The number of rotatable bonds is 0. The lowest BCUT2D eigenvalue weighted by Gasteiger charge is -2.47. The molecule has 0 aromatic heterocycles. The number of benzene rings is 1. The van der Waals surface area contributed by atoms with Crippen molar-refractivity contribution in [3.05, 3.63) is 35.4 Å². The van der Waals surface area contributed by atoms with Gasteiger partial charge in [0.1, 0.15) is 0 Å². The monoisotopic (exact) mass is 215 g/mol. The van der Waals surface area contributed by atoms with Crippen LogP contribution in [0.15, 0.2) is 24.3 Å². The number of hydrogen-bond donors (Lipinski definition) is 1.